The van der Waals surface area contributed by atoms with Crippen LogP contribution in [-0.2, 0) is 0 Å². The Morgan fingerprint density at radius 2 is 1.92 bits per heavy atom. The maximum absolute atomic E-state index is 5.89. The summed E-state index contributed by atoms with van der Waals surface area (Å²) in [5, 5.41) is 0. The van der Waals surface area contributed by atoms with Crippen LogP contribution in [-0.4, -0.2) is 37.9 Å². The third-order valence-electron chi connectivity index (χ3n) is 4.92. The first-order valence-electron chi connectivity index (χ1n) is 9.10. The van der Waals surface area contributed by atoms with Crippen molar-refractivity contribution in [2.75, 3.05) is 33.0 Å². The number of likely N-dealkylation sites (tertiary alicyclic amines) is 1. The first-order chi connectivity index (χ1) is 11.3. The summed E-state index contributed by atoms with van der Waals surface area (Å²) >= 11 is 0. The number of hydrogen-bond donors (Lipinski definition) is 0. The molecule has 0 radical (unpaired) electrons. The van der Waals surface area contributed by atoms with Gasteiger partial charge in [0.2, 0.25) is 6.79 Å². The molecule has 0 saturated carbocycles. The van der Waals surface area contributed by atoms with Crippen LogP contribution in [0.1, 0.15) is 45.4 Å². The Morgan fingerprint density at radius 1 is 1.12 bits per heavy atom. The van der Waals surface area contributed by atoms with E-state index in [4.69, 9.17) is 14.2 Å². The largest absolute Gasteiger partial charge is 0.493 e. The van der Waals surface area contributed by atoms with Gasteiger partial charge in [0.25, 0.3) is 0 Å². The smallest absolute Gasteiger partial charge is 0.231 e. The number of ether oxygens (including phenoxy) is 3. The Bertz CT molecular complexity index is 490. The average molecular weight is 356 g/mol. The Hall–Kier alpha value is -1.13. The van der Waals surface area contributed by atoms with Crippen LogP contribution in [0.5, 0.6) is 17.2 Å². The molecule has 0 aromatic heterocycles. The molecule has 1 aromatic carbocycles. The molecule has 4 nitrogen and oxygen atoms in total. The van der Waals surface area contributed by atoms with Crippen molar-refractivity contribution in [2.45, 2.75) is 45.4 Å². The summed E-state index contributed by atoms with van der Waals surface area (Å²) < 4.78 is 16.6. The zero-order valence-electron chi connectivity index (χ0n) is 14.7. The Labute approximate surface area is 151 Å². The molecule has 0 amide bonds. The first kappa shape index (κ1) is 19.2. The van der Waals surface area contributed by atoms with E-state index in [2.05, 4.69) is 11.8 Å². The van der Waals surface area contributed by atoms with Crippen molar-refractivity contribution in [3.63, 3.8) is 0 Å². The summed E-state index contributed by atoms with van der Waals surface area (Å²) in [5.74, 6) is 3.30. The maximum atomic E-state index is 5.89. The maximum Gasteiger partial charge on any atom is 0.231 e. The van der Waals surface area contributed by atoms with Crippen molar-refractivity contribution in [1.82, 2.24) is 4.90 Å². The number of benzene rings is 1. The summed E-state index contributed by atoms with van der Waals surface area (Å²) in [6.07, 6.45) is 7.82. The molecule has 5 heteroatoms. The zero-order valence-corrected chi connectivity index (χ0v) is 15.5. The van der Waals surface area contributed by atoms with E-state index >= 15 is 0 Å². The van der Waals surface area contributed by atoms with Crippen molar-refractivity contribution in [2.24, 2.45) is 5.92 Å². The van der Waals surface area contributed by atoms with E-state index < -0.39 is 0 Å². The highest BCUT2D eigenvalue weighted by molar-refractivity contribution is 5.85. The van der Waals surface area contributed by atoms with Crippen molar-refractivity contribution >= 4 is 12.4 Å². The second-order valence-corrected chi connectivity index (χ2v) is 6.64. The second-order valence-electron chi connectivity index (χ2n) is 6.64. The van der Waals surface area contributed by atoms with Gasteiger partial charge in [-0.15, -0.1) is 12.4 Å². The normalized spacial score (nSPS) is 17.5. The number of nitrogens with zero attached hydrogens (tertiary/aromatic N) is 1. The highest BCUT2D eigenvalue weighted by Crippen LogP contribution is 2.35. The van der Waals surface area contributed by atoms with Gasteiger partial charge in [0.1, 0.15) is 5.75 Å². The first-order valence-corrected chi connectivity index (χ1v) is 9.10. The molecule has 0 spiro atoms. The molecule has 136 valence electrons. The molecule has 0 N–H and O–H groups in total. The molecule has 3 rings (SSSR count). The van der Waals surface area contributed by atoms with Crippen LogP contribution in [0.3, 0.4) is 0 Å². The van der Waals surface area contributed by atoms with Gasteiger partial charge in [-0.05, 0) is 63.4 Å². The number of rotatable bonds is 8. The van der Waals surface area contributed by atoms with Gasteiger partial charge in [-0.3, -0.25) is 0 Å². The molecular weight excluding hydrogens is 326 g/mol. The third kappa shape index (κ3) is 5.45. The lowest BCUT2D eigenvalue weighted by atomic mass is 9.94. The van der Waals surface area contributed by atoms with Gasteiger partial charge in [-0.1, -0.05) is 19.8 Å². The van der Waals surface area contributed by atoms with Gasteiger partial charge in [0, 0.05) is 6.07 Å². The van der Waals surface area contributed by atoms with E-state index in [0.717, 1.165) is 36.2 Å². The van der Waals surface area contributed by atoms with Gasteiger partial charge in [-0.2, -0.15) is 0 Å². The van der Waals surface area contributed by atoms with E-state index in [9.17, 15) is 0 Å². The van der Waals surface area contributed by atoms with Crippen LogP contribution in [0.4, 0.5) is 0 Å². The molecule has 0 bridgehead atoms. The van der Waals surface area contributed by atoms with Crippen molar-refractivity contribution in [1.29, 1.82) is 0 Å². The van der Waals surface area contributed by atoms with Crippen LogP contribution in [0.15, 0.2) is 18.2 Å². The van der Waals surface area contributed by atoms with Crippen LogP contribution in [0, 0.1) is 5.92 Å². The minimum atomic E-state index is 0. The highest BCUT2D eigenvalue weighted by atomic mass is 35.5. The lowest BCUT2D eigenvalue weighted by Crippen LogP contribution is -2.34. The van der Waals surface area contributed by atoms with Crippen molar-refractivity contribution in [3.05, 3.63) is 18.2 Å². The summed E-state index contributed by atoms with van der Waals surface area (Å²) in [5.41, 5.74) is 0. The Balaban J connectivity index is 0.00000208. The molecule has 1 saturated heterocycles. The van der Waals surface area contributed by atoms with E-state index in [1.165, 1.54) is 51.7 Å². The molecule has 0 atom stereocenters. The fourth-order valence-corrected chi connectivity index (χ4v) is 3.39. The molecule has 2 aliphatic heterocycles. The number of piperidine rings is 1. The fourth-order valence-electron chi connectivity index (χ4n) is 3.39. The van der Waals surface area contributed by atoms with Crippen LogP contribution in [0.25, 0.3) is 0 Å². The highest BCUT2D eigenvalue weighted by Gasteiger charge is 2.19. The number of fused-ring (bicyclic) bond motifs is 1. The van der Waals surface area contributed by atoms with Gasteiger partial charge in [0.05, 0.1) is 6.61 Å². The van der Waals surface area contributed by atoms with Gasteiger partial charge in [-0.25, -0.2) is 0 Å². The van der Waals surface area contributed by atoms with Gasteiger partial charge < -0.3 is 19.1 Å². The molecule has 2 heterocycles. The Morgan fingerprint density at radius 3 is 2.71 bits per heavy atom. The minimum Gasteiger partial charge on any atom is -0.493 e. The predicted molar refractivity (Wildman–Crippen MR) is 98.6 cm³/mol. The lowest BCUT2D eigenvalue weighted by Gasteiger charge is -2.31. The van der Waals surface area contributed by atoms with Gasteiger partial charge >= 0.3 is 0 Å². The number of halogens is 1. The Kier molecular flexibility index (Phi) is 8.00. The molecule has 0 unspecified atom stereocenters. The monoisotopic (exact) mass is 355 g/mol. The standard InChI is InChI=1S/C19H29NO3.ClH/c1-2-3-4-10-20-11-7-16(8-12-20)9-13-21-17-5-6-18-19(14-17)23-15-22-18;/h5-6,14,16H,2-4,7-13,15H2,1H3;1H. The summed E-state index contributed by atoms with van der Waals surface area (Å²) in [6.45, 7) is 7.19. The van der Waals surface area contributed by atoms with Crippen molar-refractivity contribution in [3.8, 4) is 17.2 Å². The van der Waals surface area contributed by atoms with E-state index in [1.54, 1.807) is 0 Å². The average Bonchev–Trinajstić information content (AvgIpc) is 3.04. The third-order valence-corrected chi connectivity index (χ3v) is 4.92. The summed E-state index contributed by atoms with van der Waals surface area (Å²) in [6, 6.07) is 5.81. The topological polar surface area (TPSA) is 30.9 Å². The van der Waals surface area contributed by atoms with E-state index in [-0.39, 0.29) is 12.4 Å². The van der Waals surface area contributed by atoms with E-state index in [1.807, 2.05) is 18.2 Å². The molecule has 2 aliphatic rings. The van der Waals surface area contributed by atoms with Crippen LogP contribution in [0.2, 0.25) is 0 Å². The molecule has 24 heavy (non-hydrogen) atoms. The lowest BCUT2D eigenvalue weighted by molar-refractivity contribution is 0.161. The molecule has 1 aromatic rings. The zero-order chi connectivity index (χ0) is 15.9. The summed E-state index contributed by atoms with van der Waals surface area (Å²) in [7, 11) is 0. The molecular formula is C19H30ClNO3. The van der Waals surface area contributed by atoms with E-state index in [0.29, 0.717) is 6.79 Å². The van der Waals surface area contributed by atoms with Crippen molar-refractivity contribution < 1.29 is 14.2 Å². The predicted octanol–water partition coefficient (Wildman–Crippen LogP) is 4.51. The SMILES string of the molecule is CCCCCN1CCC(CCOc2ccc3c(c2)OCO3)CC1.Cl. The quantitative estimate of drug-likeness (QED) is 0.642. The second kappa shape index (κ2) is 10.00. The minimum absolute atomic E-state index is 0. The van der Waals surface area contributed by atoms with Crippen LogP contribution < -0.4 is 14.2 Å². The fraction of sp³-hybridized carbons (Fsp3) is 0.684. The summed E-state index contributed by atoms with van der Waals surface area (Å²) in [4.78, 5) is 2.63. The van der Waals surface area contributed by atoms with Gasteiger partial charge in [0.15, 0.2) is 11.5 Å². The molecule has 1 fully saturated rings. The van der Waals surface area contributed by atoms with Crippen LogP contribution >= 0.6 is 12.4 Å². The molecule has 0 aliphatic carbocycles. The number of hydrogen-bond acceptors (Lipinski definition) is 4. The number of unbranched alkanes of at least 4 members (excludes halogenated alkanes) is 2.